The maximum absolute atomic E-state index is 12.7. The van der Waals surface area contributed by atoms with Crippen LogP contribution in [0.1, 0.15) is 23.2 Å². The van der Waals surface area contributed by atoms with E-state index >= 15 is 0 Å². The summed E-state index contributed by atoms with van der Waals surface area (Å²) in [6, 6.07) is 7.57. The van der Waals surface area contributed by atoms with Crippen molar-refractivity contribution >= 4 is 49.8 Å². The largest absolute Gasteiger partial charge is 0.366 e. The van der Waals surface area contributed by atoms with Crippen LogP contribution in [0.25, 0.3) is 0 Å². The van der Waals surface area contributed by atoms with Crippen molar-refractivity contribution < 1.29 is 18.0 Å². The van der Waals surface area contributed by atoms with Crippen LogP contribution in [0.2, 0.25) is 5.02 Å². The van der Waals surface area contributed by atoms with E-state index in [9.17, 15) is 18.0 Å². The lowest BCUT2D eigenvalue weighted by atomic mass is 9.97. The number of nitrogens with two attached hydrogens (primary N) is 1. The summed E-state index contributed by atoms with van der Waals surface area (Å²) in [5.41, 5.74) is 5.55. The topological polar surface area (TPSA) is 110 Å². The van der Waals surface area contributed by atoms with Crippen molar-refractivity contribution in [1.29, 1.82) is 0 Å². The molecule has 2 amide bonds. The number of rotatable bonds is 5. The molecule has 2 aromatic rings. The van der Waals surface area contributed by atoms with Crippen LogP contribution in [0.15, 0.2) is 40.6 Å². The number of carbonyl (C=O) groups is 2. The summed E-state index contributed by atoms with van der Waals surface area (Å²) in [4.78, 5) is 24.0. The second-order valence-electron chi connectivity index (χ2n) is 6.15. The highest BCUT2D eigenvalue weighted by Crippen LogP contribution is 2.28. The number of nitrogens with one attached hydrogen (secondary N) is 1. The van der Waals surface area contributed by atoms with Gasteiger partial charge >= 0.3 is 0 Å². The number of benzene rings is 1. The molecule has 27 heavy (non-hydrogen) atoms. The number of nitrogens with zero attached hydrogens (tertiary/aromatic N) is 1. The van der Waals surface area contributed by atoms with Gasteiger partial charge in [0.1, 0.15) is 5.00 Å². The minimum absolute atomic E-state index is 0.180. The highest BCUT2D eigenvalue weighted by atomic mass is 35.5. The van der Waals surface area contributed by atoms with Crippen LogP contribution in [-0.2, 0) is 14.8 Å². The summed E-state index contributed by atoms with van der Waals surface area (Å²) < 4.78 is 26.7. The smallest absolute Gasteiger partial charge is 0.251 e. The molecule has 0 atom stereocenters. The zero-order valence-corrected chi connectivity index (χ0v) is 16.6. The maximum Gasteiger partial charge on any atom is 0.251 e. The molecule has 0 spiro atoms. The minimum Gasteiger partial charge on any atom is -0.366 e. The van der Waals surface area contributed by atoms with E-state index in [-0.39, 0.29) is 35.4 Å². The Kier molecular flexibility index (Phi) is 5.85. The second-order valence-corrected chi connectivity index (χ2v) is 9.44. The third kappa shape index (κ3) is 4.32. The third-order valence-corrected chi connectivity index (χ3v) is 7.44. The third-order valence-electron chi connectivity index (χ3n) is 4.44. The zero-order chi connectivity index (χ0) is 19.6. The zero-order valence-electron chi connectivity index (χ0n) is 14.2. The van der Waals surface area contributed by atoms with Crippen molar-refractivity contribution in [3.63, 3.8) is 0 Å². The van der Waals surface area contributed by atoms with Gasteiger partial charge in [-0.2, -0.15) is 4.31 Å². The van der Waals surface area contributed by atoms with Crippen LogP contribution < -0.4 is 11.1 Å². The molecule has 0 saturated carbocycles. The molecule has 0 aliphatic carbocycles. The van der Waals surface area contributed by atoms with Gasteiger partial charge in [0.05, 0.1) is 10.5 Å². The number of carbonyl (C=O) groups excluding carboxylic acids is 2. The molecule has 10 heteroatoms. The van der Waals surface area contributed by atoms with Gasteiger partial charge in [0, 0.05) is 24.0 Å². The van der Waals surface area contributed by atoms with Crippen LogP contribution in [-0.4, -0.2) is 37.6 Å². The number of hydrogen-bond acceptors (Lipinski definition) is 5. The Labute approximate surface area is 166 Å². The first-order chi connectivity index (χ1) is 12.8. The van der Waals surface area contributed by atoms with E-state index in [4.69, 9.17) is 17.3 Å². The SMILES string of the molecule is NC(=O)c1ccsc1NC(=O)C1CCN(S(=O)(=O)c2ccc(Cl)cc2)CC1. The average molecular weight is 428 g/mol. The van der Waals surface area contributed by atoms with Gasteiger partial charge in [0.25, 0.3) is 5.91 Å². The lowest BCUT2D eigenvalue weighted by molar-refractivity contribution is -0.120. The molecule has 0 radical (unpaired) electrons. The van der Waals surface area contributed by atoms with E-state index in [2.05, 4.69) is 5.32 Å². The average Bonchev–Trinajstić information content (AvgIpc) is 3.10. The Morgan fingerprint density at radius 3 is 2.37 bits per heavy atom. The van der Waals surface area contributed by atoms with Crippen molar-refractivity contribution in [1.82, 2.24) is 4.31 Å². The van der Waals surface area contributed by atoms with Gasteiger partial charge < -0.3 is 11.1 Å². The number of sulfonamides is 1. The van der Waals surface area contributed by atoms with Gasteiger partial charge in [0.15, 0.2) is 0 Å². The van der Waals surface area contributed by atoms with Crippen molar-refractivity contribution in [3.05, 3.63) is 46.3 Å². The van der Waals surface area contributed by atoms with E-state index in [1.165, 1.54) is 39.9 Å². The van der Waals surface area contributed by atoms with Crippen molar-refractivity contribution in [2.45, 2.75) is 17.7 Å². The van der Waals surface area contributed by atoms with Gasteiger partial charge in [-0.05, 0) is 48.6 Å². The van der Waals surface area contributed by atoms with E-state index in [1.54, 1.807) is 11.4 Å². The first-order valence-corrected chi connectivity index (χ1v) is 10.9. The molecule has 1 aromatic heterocycles. The summed E-state index contributed by atoms with van der Waals surface area (Å²) in [5.74, 6) is -1.16. The number of halogens is 1. The van der Waals surface area contributed by atoms with Crippen LogP contribution in [0.3, 0.4) is 0 Å². The molecule has 0 bridgehead atoms. The molecular weight excluding hydrogens is 410 g/mol. The monoisotopic (exact) mass is 427 g/mol. The molecule has 1 fully saturated rings. The predicted octanol–water partition coefficient (Wildman–Crippen LogP) is 2.54. The lowest BCUT2D eigenvalue weighted by Crippen LogP contribution is -2.41. The fourth-order valence-corrected chi connectivity index (χ4v) is 5.32. The Morgan fingerprint density at radius 2 is 1.78 bits per heavy atom. The lowest BCUT2D eigenvalue weighted by Gasteiger charge is -2.30. The van der Waals surface area contributed by atoms with Crippen molar-refractivity contribution in [2.24, 2.45) is 11.7 Å². The van der Waals surface area contributed by atoms with Gasteiger partial charge in [-0.15, -0.1) is 11.3 Å². The Bertz CT molecular complexity index is 949. The molecule has 3 rings (SSSR count). The number of thiophene rings is 1. The van der Waals surface area contributed by atoms with E-state index < -0.39 is 15.9 Å². The van der Waals surface area contributed by atoms with Crippen LogP contribution in [0, 0.1) is 5.92 Å². The Hall–Kier alpha value is -1.94. The number of piperidine rings is 1. The maximum atomic E-state index is 12.7. The van der Waals surface area contributed by atoms with Crippen LogP contribution >= 0.6 is 22.9 Å². The first-order valence-electron chi connectivity index (χ1n) is 8.23. The summed E-state index contributed by atoms with van der Waals surface area (Å²) in [6.07, 6.45) is 0.797. The molecule has 3 N–H and O–H groups in total. The Morgan fingerprint density at radius 1 is 1.15 bits per heavy atom. The van der Waals surface area contributed by atoms with E-state index in [0.717, 1.165) is 0 Å². The minimum atomic E-state index is -3.61. The highest BCUT2D eigenvalue weighted by Gasteiger charge is 2.32. The number of primary amides is 1. The summed E-state index contributed by atoms with van der Waals surface area (Å²) in [7, 11) is -3.61. The Balaban J connectivity index is 1.63. The molecule has 1 saturated heterocycles. The fraction of sp³-hybridized carbons (Fsp3) is 0.294. The second kappa shape index (κ2) is 7.97. The standard InChI is InChI=1S/C17H18ClN3O4S2/c18-12-1-3-13(4-2-12)27(24,25)21-8-5-11(6-9-21)16(23)20-17-14(15(19)22)7-10-26-17/h1-4,7,10-11H,5-6,8-9H2,(H2,19,22)(H,20,23). The van der Waals surface area contributed by atoms with Crippen LogP contribution in [0.5, 0.6) is 0 Å². The summed E-state index contributed by atoms with van der Waals surface area (Å²) >= 11 is 7.03. The molecule has 1 aliphatic rings. The van der Waals surface area contributed by atoms with E-state index in [0.29, 0.717) is 22.9 Å². The normalized spacial score (nSPS) is 16.2. The number of hydrogen-bond donors (Lipinski definition) is 2. The highest BCUT2D eigenvalue weighted by molar-refractivity contribution is 7.89. The number of anilines is 1. The molecule has 7 nitrogen and oxygen atoms in total. The van der Waals surface area contributed by atoms with Gasteiger partial charge in [-0.25, -0.2) is 8.42 Å². The van der Waals surface area contributed by atoms with Crippen molar-refractivity contribution in [3.8, 4) is 0 Å². The summed E-state index contributed by atoms with van der Waals surface area (Å²) in [6.45, 7) is 0.492. The van der Waals surface area contributed by atoms with Gasteiger partial charge in [0.2, 0.25) is 15.9 Å². The first kappa shape index (κ1) is 19.8. The number of amides is 2. The summed E-state index contributed by atoms with van der Waals surface area (Å²) in [5, 5.41) is 5.29. The predicted molar refractivity (Wildman–Crippen MR) is 104 cm³/mol. The molecule has 1 aliphatic heterocycles. The van der Waals surface area contributed by atoms with Gasteiger partial charge in [-0.3, -0.25) is 9.59 Å². The molecule has 0 unspecified atom stereocenters. The molecule has 1 aromatic carbocycles. The molecule has 2 heterocycles. The van der Waals surface area contributed by atoms with Gasteiger partial charge in [-0.1, -0.05) is 11.6 Å². The van der Waals surface area contributed by atoms with Crippen molar-refractivity contribution in [2.75, 3.05) is 18.4 Å². The van der Waals surface area contributed by atoms with E-state index in [1.807, 2.05) is 0 Å². The van der Waals surface area contributed by atoms with Crippen LogP contribution in [0.4, 0.5) is 5.00 Å². The quantitative estimate of drug-likeness (QED) is 0.763. The molecular formula is C17H18ClN3O4S2. The molecule has 144 valence electrons. The fourth-order valence-electron chi connectivity index (χ4n) is 2.93.